The molecule has 5 heteroatoms. The molecular formula is C10H20ClNO3. The van der Waals surface area contributed by atoms with Gasteiger partial charge in [-0.2, -0.15) is 0 Å². The fraction of sp³-hybridized carbons (Fsp3) is 0.900. The molecule has 4 nitrogen and oxygen atoms in total. The van der Waals surface area contributed by atoms with Gasteiger partial charge in [-0.15, -0.1) is 11.6 Å². The number of amides is 1. The third-order valence-electron chi connectivity index (χ3n) is 2.18. The van der Waals surface area contributed by atoms with Crippen LogP contribution in [0.2, 0.25) is 0 Å². The van der Waals surface area contributed by atoms with Crippen LogP contribution in [0, 0.1) is 5.41 Å². The molecule has 0 rings (SSSR count). The molecule has 1 N–H and O–H groups in total. The third kappa shape index (κ3) is 4.36. The van der Waals surface area contributed by atoms with E-state index < -0.39 is 11.7 Å². The van der Waals surface area contributed by atoms with E-state index in [9.17, 15) is 4.79 Å². The highest BCUT2D eigenvalue weighted by Gasteiger charge is 2.29. The summed E-state index contributed by atoms with van der Waals surface area (Å²) in [4.78, 5) is 11.7. The molecule has 0 aromatic heterocycles. The van der Waals surface area contributed by atoms with Crippen molar-refractivity contribution in [3.63, 3.8) is 0 Å². The van der Waals surface area contributed by atoms with E-state index in [1.807, 2.05) is 6.92 Å². The van der Waals surface area contributed by atoms with Crippen LogP contribution >= 0.6 is 11.6 Å². The van der Waals surface area contributed by atoms with Crippen LogP contribution in [0.4, 0.5) is 0 Å². The van der Waals surface area contributed by atoms with Crippen molar-refractivity contribution < 1.29 is 14.3 Å². The maximum Gasteiger partial charge on any atom is 0.227 e. The summed E-state index contributed by atoms with van der Waals surface area (Å²) in [5, 5.41) is 2.80. The molecule has 0 heterocycles. The fourth-order valence-electron chi connectivity index (χ4n) is 1.04. The predicted molar refractivity (Wildman–Crippen MR) is 59.9 cm³/mol. The van der Waals surface area contributed by atoms with Gasteiger partial charge >= 0.3 is 0 Å². The number of carbonyl (C=O) groups is 1. The van der Waals surface area contributed by atoms with Gasteiger partial charge in [-0.25, -0.2) is 0 Å². The first-order valence-electron chi connectivity index (χ1n) is 4.81. The highest BCUT2D eigenvalue weighted by atomic mass is 35.5. The first-order valence-corrected chi connectivity index (χ1v) is 5.35. The van der Waals surface area contributed by atoms with Gasteiger partial charge in [0.1, 0.15) is 0 Å². The van der Waals surface area contributed by atoms with Crippen molar-refractivity contribution in [3.8, 4) is 0 Å². The first kappa shape index (κ1) is 14.7. The lowest BCUT2D eigenvalue weighted by Gasteiger charge is -2.27. The Hall–Kier alpha value is -0.320. The minimum absolute atomic E-state index is 0.107. The number of hydrogen-bond donors (Lipinski definition) is 1. The number of nitrogens with one attached hydrogen (secondary N) is 1. The van der Waals surface area contributed by atoms with E-state index in [-0.39, 0.29) is 17.8 Å². The molecule has 0 saturated heterocycles. The molecular weight excluding hydrogens is 218 g/mol. The van der Waals surface area contributed by atoms with E-state index in [2.05, 4.69) is 5.32 Å². The van der Waals surface area contributed by atoms with Crippen molar-refractivity contribution in [2.75, 3.05) is 20.1 Å². The number of halogens is 1. The quantitative estimate of drug-likeness (QED) is 0.561. The Labute approximate surface area is 96.3 Å². The van der Waals surface area contributed by atoms with Crippen LogP contribution in [0.15, 0.2) is 0 Å². The van der Waals surface area contributed by atoms with Gasteiger partial charge in [0.15, 0.2) is 6.29 Å². The van der Waals surface area contributed by atoms with Crippen LogP contribution < -0.4 is 5.32 Å². The van der Waals surface area contributed by atoms with Crippen molar-refractivity contribution in [1.82, 2.24) is 5.32 Å². The average Bonchev–Trinajstić information content (AvgIpc) is 2.19. The molecule has 0 fully saturated rings. The number of hydrogen-bond acceptors (Lipinski definition) is 3. The van der Waals surface area contributed by atoms with Crippen LogP contribution in [0.1, 0.15) is 20.8 Å². The minimum atomic E-state index is -0.581. The minimum Gasteiger partial charge on any atom is -0.354 e. The number of methoxy groups -OCH3 is 2. The van der Waals surface area contributed by atoms with Gasteiger partial charge in [-0.1, -0.05) is 0 Å². The molecule has 0 aromatic carbocycles. The number of rotatable bonds is 6. The molecule has 1 amide bonds. The lowest BCUT2D eigenvalue weighted by atomic mass is 9.95. The topological polar surface area (TPSA) is 47.6 Å². The molecule has 0 bridgehead atoms. The van der Waals surface area contributed by atoms with Crippen molar-refractivity contribution in [2.24, 2.45) is 5.41 Å². The van der Waals surface area contributed by atoms with Gasteiger partial charge in [0.25, 0.3) is 0 Å². The second kappa shape index (κ2) is 6.30. The zero-order chi connectivity index (χ0) is 12.1. The Bertz CT molecular complexity index is 205. The van der Waals surface area contributed by atoms with Crippen molar-refractivity contribution in [2.45, 2.75) is 33.1 Å². The normalized spacial score (nSPS) is 14.1. The van der Waals surface area contributed by atoms with Crippen LogP contribution in [0.25, 0.3) is 0 Å². The third-order valence-corrected chi connectivity index (χ3v) is 2.85. The Balaban J connectivity index is 4.29. The summed E-state index contributed by atoms with van der Waals surface area (Å²) in [5.41, 5.74) is -0.581. The zero-order valence-corrected chi connectivity index (χ0v) is 10.7. The molecule has 0 radical (unpaired) electrons. The van der Waals surface area contributed by atoms with Crippen LogP contribution in [-0.4, -0.2) is 38.3 Å². The summed E-state index contributed by atoms with van der Waals surface area (Å²) in [5.74, 6) is 0.167. The van der Waals surface area contributed by atoms with Crippen LogP contribution in [0.5, 0.6) is 0 Å². The predicted octanol–water partition coefficient (Wildman–Crippen LogP) is 1.38. The maximum absolute atomic E-state index is 11.7. The van der Waals surface area contributed by atoms with E-state index in [0.29, 0.717) is 0 Å². The van der Waals surface area contributed by atoms with Gasteiger partial charge in [0, 0.05) is 20.1 Å². The SMILES string of the molecule is COC(OC)C(C)NC(=O)C(C)(C)CCl. The molecule has 0 aromatic rings. The lowest BCUT2D eigenvalue weighted by molar-refractivity contribution is -0.141. The van der Waals surface area contributed by atoms with Crippen LogP contribution in [0.3, 0.4) is 0 Å². The van der Waals surface area contributed by atoms with E-state index in [0.717, 1.165) is 0 Å². The Morgan fingerprint density at radius 2 is 1.87 bits per heavy atom. The highest BCUT2D eigenvalue weighted by Crippen LogP contribution is 2.17. The van der Waals surface area contributed by atoms with Gasteiger partial charge < -0.3 is 14.8 Å². The summed E-state index contributed by atoms with van der Waals surface area (Å²) < 4.78 is 10.1. The number of ether oxygens (including phenoxy) is 2. The maximum atomic E-state index is 11.7. The van der Waals surface area contributed by atoms with E-state index in [1.54, 1.807) is 13.8 Å². The average molecular weight is 238 g/mol. The van der Waals surface area contributed by atoms with E-state index in [4.69, 9.17) is 21.1 Å². The first-order chi connectivity index (χ1) is 6.88. The van der Waals surface area contributed by atoms with Crippen molar-refractivity contribution in [3.05, 3.63) is 0 Å². The molecule has 1 atom stereocenters. The second-order valence-corrected chi connectivity index (χ2v) is 4.39. The lowest BCUT2D eigenvalue weighted by Crippen LogP contribution is -2.48. The van der Waals surface area contributed by atoms with Crippen molar-refractivity contribution >= 4 is 17.5 Å². The van der Waals surface area contributed by atoms with Crippen LogP contribution in [-0.2, 0) is 14.3 Å². The zero-order valence-electron chi connectivity index (χ0n) is 9.96. The monoisotopic (exact) mass is 237 g/mol. The van der Waals surface area contributed by atoms with E-state index >= 15 is 0 Å². The summed E-state index contributed by atoms with van der Waals surface area (Å²) in [6.07, 6.45) is -0.444. The molecule has 15 heavy (non-hydrogen) atoms. The molecule has 0 aliphatic heterocycles. The summed E-state index contributed by atoms with van der Waals surface area (Å²) >= 11 is 5.70. The van der Waals surface area contributed by atoms with Gasteiger partial charge in [-0.05, 0) is 20.8 Å². The number of alkyl halides is 1. The van der Waals surface area contributed by atoms with Crippen molar-refractivity contribution in [1.29, 1.82) is 0 Å². The highest BCUT2D eigenvalue weighted by molar-refractivity contribution is 6.19. The Kier molecular flexibility index (Phi) is 6.17. The van der Waals surface area contributed by atoms with Gasteiger partial charge in [0.2, 0.25) is 5.91 Å². The molecule has 1 unspecified atom stereocenters. The van der Waals surface area contributed by atoms with Gasteiger partial charge in [0.05, 0.1) is 11.5 Å². The molecule has 0 aliphatic carbocycles. The standard InChI is InChI=1S/C10H20ClNO3/c1-7(8(14-4)15-5)12-9(13)10(2,3)6-11/h7-8H,6H2,1-5H3,(H,12,13). The van der Waals surface area contributed by atoms with E-state index in [1.165, 1.54) is 14.2 Å². The largest absolute Gasteiger partial charge is 0.354 e. The summed E-state index contributed by atoms with van der Waals surface area (Å²) in [6.45, 7) is 5.40. The van der Waals surface area contributed by atoms with Gasteiger partial charge in [-0.3, -0.25) is 4.79 Å². The second-order valence-electron chi connectivity index (χ2n) is 4.12. The smallest absolute Gasteiger partial charge is 0.227 e. The Morgan fingerprint density at radius 1 is 1.40 bits per heavy atom. The molecule has 0 saturated carbocycles. The molecule has 0 aliphatic rings. The fourth-order valence-corrected chi connectivity index (χ4v) is 1.16. The molecule has 90 valence electrons. The molecule has 0 spiro atoms. The summed E-state index contributed by atoms with van der Waals surface area (Å²) in [6, 6.07) is -0.213. The summed E-state index contributed by atoms with van der Waals surface area (Å²) in [7, 11) is 3.06. The number of carbonyl (C=O) groups excluding carboxylic acids is 1. The Morgan fingerprint density at radius 3 is 2.20 bits per heavy atom.